The number of nitrogen functional groups attached to an aromatic ring is 1. The molecule has 3 heterocycles. The maximum Gasteiger partial charge on any atom is 0.245 e. The third kappa shape index (κ3) is 1.84. The van der Waals surface area contributed by atoms with Gasteiger partial charge >= 0.3 is 0 Å². The Morgan fingerprint density at radius 2 is 2.40 bits per heavy atom. The molecule has 0 aromatic carbocycles. The molecule has 3 rings (SSSR count). The molecule has 2 N–H and O–H groups in total. The Bertz CT molecular complexity index is 690. The highest BCUT2D eigenvalue weighted by atomic mass is 16.2. The Labute approximate surface area is 116 Å². The van der Waals surface area contributed by atoms with E-state index < -0.39 is 0 Å². The number of amides is 1. The number of carbonyl (C=O) groups excluding carboxylic acids is 1. The van der Waals surface area contributed by atoms with Crippen LogP contribution in [0.1, 0.15) is 23.6 Å². The van der Waals surface area contributed by atoms with Crippen LogP contribution in [0.5, 0.6) is 0 Å². The van der Waals surface area contributed by atoms with E-state index in [-0.39, 0.29) is 11.8 Å². The van der Waals surface area contributed by atoms with Crippen LogP contribution < -0.4 is 5.73 Å². The number of fused-ring (bicyclic) bond motifs is 1. The Morgan fingerprint density at radius 1 is 1.60 bits per heavy atom. The number of likely N-dealkylation sites (tertiary alicyclic amines) is 1. The van der Waals surface area contributed by atoms with E-state index in [2.05, 4.69) is 22.7 Å². The maximum absolute atomic E-state index is 11.7. The first-order valence-corrected chi connectivity index (χ1v) is 6.62. The van der Waals surface area contributed by atoms with Gasteiger partial charge in [0.2, 0.25) is 5.91 Å². The van der Waals surface area contributed by atoms with Crippen molar-refractivity contribution in [3.8, 4) is 0 Å². The molecule has 2 aromatic heterocycles. The number of aryl methyl sites for hydroxylation is 1. The summed E-state index contributed by atoms with van der Waals surface area (Å²) < 4.78 is 1.85. The van der Waals surface area contributed by atoms with Crippen molar-refractivity contribution in [3.05, 3.63) is 36.3 Å². The van der Waals surface area contributed by atoms with E-state index >= 15 is 0 Å². The van der Waals surface area contributed by atoms with Gasteiger partial charge in [-0.2, -0.15) is 5.10 Å². The second kappa shape index (κ2) is 4.63. The van der Waals surface area contributed by atoms with E-state index in [0.29, 0.717) is 12.4 Å². The van der Waals surface area contributed by atoms with Crippen LogP contribution >= 0.6 is 0 Å². The summed E-state index contributed by atoms with van der Waals surface area (Å²) in [4.78, 5) is 17.5. The Morgan fingerprint density at radius 3 is 3.15 bits per heavy atom. The molecule has 1 atom stereocenters. The molecule has 2 aromatic rings. The topological polar surface area (TPSA) is 76.5 Å². The summed E-state index contributed by atoms with van der Waals surface area (Å²) in [6.45, 7) is 6.98. The Kier molecular flexibility index (Phi) is 2.93. The molecule has 104 valence electrons. The van der Waals surface area contributed by atoms with Crippen LogP contribution in [0.4, 0.5) is 5.82 Å². The molecule has 0 spiro atoms. The standard InChI is InChI=1S/C14H17N5O/c1-3-12(20)18-5-4-10(7-18)11-6-9(2)13-14(15)16-8-17-19(11)13/h3,6,8,10H,1,4-5,7H2,2H3,(H2,15,16,17). The van der Waals surface area contributed by atoms with Gasteiger partial charge in [-0.05, 0) is 31.1 Å². The first kappa shape index (κ1) is 12.7. The minimum Gasteiger partial charge on any atom is -0.382 e. The van der Waals surface area contributed by atoms with Crippen LogP contribution in [0.3, 0.4) is 0 Å². The van der Waals surface area contributed by atoms with Gasteiger partial charge in [0, 0.05) is 24.7 Å². The quantitative estimate of drug-likeness (QED) is 0.830. The van der Waals surface area contributed by atoms with E-state index in [1.54, 1.807) is 0 Å². The van der Waals surface area contributed by atoms with Gasteiger partial charge in [0.05, 0.1) is 0 Å². The highest BCUT2D eigenvalue weighted by Gasteiger charge is 2.29. The van der Waals surface area contributed by atoms with Crippen molar-refractivity contribution in [1.29, 1.82) is 0 Å². The van der Waals surface area contributed by atoms with Crippen molar-refractivity contribution < 1.29 is 4.79 Å². The van der Waals surface area contributed by atoms with Crippen LogP contribution in [0.15, 0.2) is 25.0 Å². The lowest BCUT2D eigenvalue weighted by Crippen LogP contribution is -2.26. The van der Waals surface area contributed by atoms with E-state index in [0.717, 1.165) is 29.7 Å². The summed E-state index contributed by atoms with van der Waals surface area (Å²) in [5, 5.41) is 4.30. The number of hydrogen-bond acceptors (Lipinski definition) is 4. The van der Waals surface area contributed by atoms with Gasteiger partial charge in [0.1, 0.15) is 11.8 Å². The molecule has 1 unspecified atom stereocenters. The normalized spacial score (nSPS) is 18.6. The number of aromatic nitrogens is 3. The predicted octanol–water partition coefficient (Wildman–Crippen LogP) is 1.12. The molecule has 1 fully saturated rings. The molecule has 0 aliphatic carbocycles. The number of anilines is 1. The monoisotopic (exact) mass is 271 g/mol. The lowest BCUT2D eigenvalue weighted by Gasteiger charge is -2.14. The van der Waals surface area contributed by atoms with Crippen LogP contribution in [0, 0.1) is 6.92 Å². The molecule has 1 aliphatic rings. The molecule has 0 radical (unpaired) electrons. The first-order valence-electron chi connectivity index (χ1n) is 6.62. The second-order valence-corrected chi connectivity index (χ2v) is 5.13. The van der Waals surface area contributed by atoms with E-state index in [1.807, 2.05) is 16.3 Å². The summed E-state index contributed by atoms with van der Waals surface area (Å²) in [5.74, 6) is 0.745. The van der Waals surface area contributed by atoms with Crippen molar-refractivity contribution in [3.63, 3.8) is 0 Å². The third-order valence-electron chi connectivity index (χ3n) is 3.89. The zero-order chi connectivity index (χ0) is 14.3. The lowest BCUT2D eigenvalue weighted by atomic mass is 10.1. The molecule has 0 saturated carbocycles. The first-order chi connectivity index (χ1) is 9.61. The van der Waals surface area contributed by atoms with Gasteiger partial charge in [-0.25, -0.2) is 9.50 Å². The van der Waals surface area contributed by atoms with Crippen LogP contribution in [0.25, 0.3) is 5.52 Å². The summed E-state index contributed by atoms with van der Waals surface area (Å²) in [7, 11) is 0. The lowest BCUT2D eigenvalue weighted by molar-refractivity contribution is -0.125. The molecule has 20 heavy (non-hydrogen) atoms. The molecular formula is C14H17N5O. The van der Waals surface area contributed by atoms with Crippen molar-refractivity contribution in [1.82, 2.24) is 19.5 Å². The maximum atomic E-state index is 11.7. The van der Waals surface area contributed by atoms with Crippen molar-refractivity contribution in [2.24, 2.45) is 0 Å². The minimum atomic E-state index is -0.0146. The van der Waals surface area contributed by atoms with Gasteiger partial charge in [-0.3, -0.25) is 4.79 Å². The molecular weight excluding hydrogens is 254 g/mol. The molecule has 1 amide bonds. The second-order valence-electron chi connectivity index (χ2n) is 5.13. The zero-order valence-electron chi connectivity index (χ0n) is 11.4. The fourth-order valence-electron chi connectivity index (χ4n) is 2.90. The average molecular weight is 271 g/mol. The number of carbonyl (C=O) groups is 1. The van der Waals surface area contributed by atoms with Gasteiger partial charge in [0.15, 0.2) is 5.82 Å². The molecule has 0 bridgehead atoms. The third-order valence-corrected chi connectivity index (χ3v) is 3.89. The van der Waals surface area contributed by atoms with Gasteiger partial charge in [-0.15, -0.1) is 0 Å². The van der Waals surface area contributed by atoms with E-state index in [1.165, 1.54) is 12.4 Å². The fourth-order valence-corrected chi connectivity index (χ4v) is 2.90. The summed E-state index contributed by atoms with van der Waals surface area (Å²) in [6.07, 6.45) is 3.76. The van der Waals surface area contributed by atoms with E-state index in [9.17, 15) is 4.79 Å². The number of rotatable bonds is 2. The average Bonchev–Trinajstić information content (AvgIpc) is 3.04. The van der Waals surface area contributed by atoms with Crippen LogP contribution in [-0.4, -0.2) is 38.5 Å². The molecule has 6 heteroatoms. The molecule has 6 nitrogen and oxygen atoms in total. The van der Waals surface area contributed by atoms with Crippen LogP contribution in [-0.2, 0) is 4.79 Å². The SMILES string of the molecule is C=CC(=O)N1CCC(c2cc(C)c3c(N)ncnn23)C1. The largest absolute Gasteiger partial charge is 0.382 e. The Hall–Kier alpha value is -2.37. The van der Waals surface area contributed by atoms with Crippen molar-refractivity contribution in [2.75, 3.05) is 18.8 Å². The van der Waals surface area contributed by atoms with Gasteiger partial charge in [0.25, 0.3) is 0 Å². The Balaban J connectivity index is 1.98. The highest BCUT2D eigenvalue weighted by Crippen LogP contribution is 2.31. The number of nitrogens with two attached hydrogens (primary N) is 1. The number of hydrogen-bond donors (Lipinski definition) is 1. The van der Waals surface area contributed by atoms with E-state index in [4.69, 9.17) is 5.73 Å². The summed E-state index contributed by atoms with van der Waals surface area (Å²) in [6, 6.07) is 2.09. The zero-order valence-corrected chi connectivity index (χ0v) is 11.4. The molecule has 1 aliphatic heterocycles. The molecule has 1 saturated heterocycles. The smallest absolute Gasteiger partial charge is 0.245 e. The number of nitrogens with zero attached hydrogens (tertiary/aromatic N) is 4. The van der Waals surface area contributed by atoms with Crippen LogP contribution in [0.2, 0.25) is 0 Å². The van der Waals surface area contributed by atoms with Crippen molar-refractivity contribution in [2.45, 2.75) is 19.3 Å². The van der Waals surface area contributed by atoms with Crippen molar-refractivity contribution >= 4 is 17.2 Å². The van der Waals surface area contributed by atoms with Gasteiger partial charge in [-0.1, -0.05) is 6.58 Å². The summed E-state index contributed by atoms with van der Waals surface area (Å²) in [5.41, 5.74) is 8.92. The minimum absolute atomic E-state index is 0.0146. The van der Waals surface area contributed by atoms with Gasteiger partial charge < -0.3 is 10.6 Å². The predicted molar refractivity (Wildman–Crippen MR) is 76.3 cm³/mol. The summed E-state index contributed by atoms with van der Waals surface area (Å²) >= 11 is 0. The highest BCUT2D eigenvalue weighted by molar-refractivity contribution is 5.87. The fraction of sp³-hybridized carbons (Fsp3) is 0.357.